The van der Waals surface area contributed by atoms with E-state index in [1.54, 1.807) is 0 Å². The Kier molecular flexibility index (Phi) is 7.47. The van der Waals surface area contributed by atoms with E-state index >= 15 is 0 Å². The molecule has 2 aromatic carbocycles. The molecule has 0 aromatic heterocycles. The van der Waals surface area contributed by atoms with Gasteiger partial charge in [-0.15, -0.1) is 0 Å². The lowest BCUT2D eigenvalue weighted by Crippen LogP contribution is -2.43. The van der Waals surface area contributed by atoms with Crippen molar-refractivity contribution in [3.8, 4) is 5.75 Å². The van der Waals surface area contributed by atoms with Crippen LogP contribution in [-0.4, -0.2) is 19.1 Å². The zero-order valence-corrected chi connectivity index (χ0v) is 21.6. The summed E-state index contributed by atoms with van der Waals surface area (Å²) in [6.07, 6.45) is 0. The summed E-state index contributed by atoms with van der Waals surface area (Å²) in [5.74, 6) is 0.834. The quantitative estimate of drug-likeness (QED) is 0.205. The number of nitrogens with two attached hydrogens (primary N) is 1. The molecule has 0 fully saturated rings. The predicted octanol–water partition coefficient (Wildman–Crippen LogP) is 6.18. The first kappa shape index (κ1) is 23.1. The van der Waals surface area contributed by atoms with E-state index in [2.05, 4.69) is 76.3 Å². The topological polar surface area (TPSA) is 59.6 Å². The lowest BCUT2D eigenvalue weighted by Gasteiger charge is -2.36. The van der Waals surface area contributed by atoms with Crippen LogP contribution in [0.2, 0.25) is 18.1 Å². The average Bonchev–Trinajstić information content (AvgIpc) is 2.52. The molecule has 8 heteroatoms. The molecule has 0 saturated carbocycles. The SMILES string of the molecule is CC(C)(C)[Si](C)(C)Oc1cccc(/C(=N\NC(N)=S)c2cc(Br)cc(Br)c2)c1. The number of nitrogens with zero attached hydrogens (tertiary/aromatic N) is 1. The first-order valence-electron chi connectivity index (χ1n) is 8.78. The van der Waals surface area contributed by atoms with Gasteiger partial charge in [-0.25, -0.2) is 0 Å². The van der Waals surface area contributed by atoms with Crippen LogP contribution in [0.25, 0.3) is 0 Å². The van der Waals surface area contributed by atoms with Crippen LogP contribution in [0.15, 0.2) is 56.5 Å². The van der Waals surface area contributed by atoms with Gasteiger partial charge in [-0.2, -0.15) is 5.10 Å². The molecule has 2 aromatic rings. The molecule has 0 radical (unpaired) electrons. The molecule has 28 heavy (non-hydrogen) atoms. The Morgan fingerprint density at radius 1 is 1.07 bits per heavy atom. The Bertz CT molecular complexity index is 890. The van der Waals surface area contributed by atoms with E-state index < -0.39 is 8.32 Å². The fraction of sp³-hybridized carbons (Fsp3) is 0.300. The van der Waals surface area contributed by atoms with Crippen molar-refractivity contribution in [1.29, 1.82) is 0 Å². The molecule has 0 aliphatic rings. The summed E-state index contributed by atoms with van der Waals surface area (Å²) in [4.78, 5) is 0. The Morgan fingerprint density at radius 2 is 1.68 bits per heavy atom. The van der Waals surface area contributed by atoms with Gasteiger partial charge in [-0.1, -0.05) is 64.8 Å². The van der Waals surface area contributed by atoms with Crippen LogP contribution in [0.3, 0.4) is 0 Å². The molecule has 4 nitrogen and oxygen atoms in total. The second-order valence-electron chi connectivity index (χ2n) is 7.98. The summed E-state index contributed by atoms with van der Waals surface area (Å²) in [5, 5.41) is 4.67. The highest BCUT2D eigenvalue weighted by atomic mass is 79.9. The third-order valence-electron chi connectivity index (χ3n) is 4.70. The number of rotatable bonds is 5. The normalized spacial score (nSPS) is 12.6. The average molecular weight is 543 g/mol. The lowest BCUT2D eigenvalue weighted by molar-refractivity contribution is 0.492. The Morgan fingerprint density at radius 3 is 2.21 bits per heavy atom. The van der Waals surface area contributed by atoms with Gasteiger partial charge in [0.25, 0.3) is 0 Å². The van der Waals surface area contributed by atoms with Crippen LogP contribution in [0.1, 0.15) is 31.9 Å². The molecule has 0 amide bonds. The molecule has 0 aliphatic carbocycles. The molecule has 3 N–H and O–H groups in total. The molecule has 0 unspecified atom stereocenters. The van der Waals surface area contributed by atoms with E-state index in [1.165, 1.54) is 0 Å². The van der Waals surface area contributed by atoms with Crippen LogP contribution in [0.4, 0.5) is 0 Å². The van der Waals surface area contributed by atoms with Gasteiger partial charge >= 0.3 is 0 Å². The molecule has 0 bridgehead atoms. The van der Waals surface area contributed by atoms with E-state index in [0.717, 1.165) is 31.5 Å². The minimum Gasteiger partial charge on any atom is -0.543 e. The van der Waals surface area contributed by atoms with Crippen LogP contribution in [0, 0.1) is 0 Å². The van der Waals surface area contributed by atoms with Crippen LogP contribution < -0.4 is 15.6 Å². The highest BCUT2D eigenvalue weighted by molar-refractivity contribution is 9.11. The van der Waals surface area contributed by atoms with Gasteiger partial charge in [0.05, 0.1) is 5.71 Å². The maximum Gasteiger partial charge on any atom is 0.250 e. The first-order chi connectivity index (χ1) is 12.9. The van der Waals surface area contributed by atoms with E-state index in [4.69, 9.17) is 22.4 Å². The molecule has 0 saturated heterocycles. The Hall–Kier alpha value is -1.22. The van der Waals surface area contributed by atoms with Gasteiger partial charge in [-0.3, -0.25) is 5.43 Å². The standard InChI is InChI=1S/C20H25Br2N3OSSi/c1-20(2,3)28(4,5)26-17-8-6-7-13(11-17)18(24-25-19(23)27)14-9-15(21)12-16(22)10-14/h6-12H,1-5H3,(H3,23,25,27)/b24-18+. The highest BCUT2D eigenvalue weighted by Crippen LogP contribution is 2.37. The number of halogens is 2. The largest absolute Gasteiger partial charge is 0.543 e. The second-order valence-corrected chi connectivity index (χ2v) is 15.0. The van der Waals surface area contributed by atoms with Gasteiger partial charge in [0.1, 0.15) is 5.75 Å². The van der Waals surface area contributed by atoms with Crippen molar-refractivity contribution in [2.45, 2.75) is 38.9 Å². The molecule has 0 spiro atoms. The minimum absolute atomic E-state index is 0.111. The van der Waals surface area contributed by atoms with E-state index in [9.17, 15) is 0 Å². The fourth-order valence-corrected chi connectivity index (χ4v) is 4.61. The zero-order chi connectivity index (χ0) is 21.1. The van der Waals surface area contributed by atoms with Crippen molar-refractivity contribution in [2.24, 2.45) is 10.8 Å². The number of hydrogen-bond acceptors (Lipinski definition) is 3. The third-order valence-corrected chi connectivity index (χ3v) is 10.1. The Labute approximate surface area is 190 Å². The maximum absolute atomic E-state index is 6.46. The lowest BCUT2D eigenvalue weighted by atomic mass is 10.0. The smallest absolute Gasteiger partial charge is 0.250 e. The number of benzene rings is 2. The van der Waals surface area contributed by atoms with Gasteiger partial charge in [0.15, 0.2) is 5.11 Å². The summed E-state index contributed by atoms with van der Waals surface area (Å²) in [6, 6.07) is 13.9. The van der Waals surface area contributed by atoms with Gasteiger partial charge in [-0.05, 0) is 60.7 Å². The predicted molar refractivity (Wildman–Crippen MR) is 132 cm³/mol. The van der Waals surface area contributed by atoms with Crippen LogP contribution in [-0.2, 0) is 0 Å². The van der Waals surface area contributed by atoms with Crippen molar-refractivity contribution in [3.05, 3.63) is 62.5 Å². The summed E-state index contributed by atoms with van der Waals surface area (Å²) < 4.78 is 8.34. The summed E-state index contributed by atoms with van der Waals surface area (Å²) in [7, 11) is -1.95. The first-order valence-corrected chi connectivity index (χ1v) is 13.7. The minimum atomic E-state index is -1.95. The number of hydrazone groups is 1. The summed E-state index contributed by atoms with van der Waals surface area (Å²) in [5.41, 5.74) is 10.8. The molecular weight excluding hydrogens is 518 g/mol. The molecular formula is C20H25Br2N3OSSi. The van der Waals surface area contributed by atoms with Crippen molar-refractivity contribution < 1.29 is 4.43 Å². The number of nitrogens with one attached hydrogen (secondary N) is 1. The maximum atomic E-state index is 6.46. The zero-order valence-electron chi connectivity index (χ0n) is 16.6. The molecule has 0 heterocycles. The van der Waals surface area contributed by atoms with Crippen molar-refractivity contribution in [3.63, 3.8) is 0 Å². The fourth-order valence-electron chi connectivity index (χ4n) is 2.25. The molecule has 2 rings (SSSR count). The summed E-state index contributed by atoms with van der Waals surface area (Å²) >= 11 is 12.0. The van der Waals surface area contributed by atoms with E-state index in [0.29, 0.717) is 0 Å². The van der Waals surface area contributed by atoms with Crippen LogP contribution in [0.5, 0.6) is 5.75 Å². The second kappa shape index (κ2) is 9.07. The number of hydrogen-bond donors (Lipinski definition) is 2. The van der Waals surface area contributed by atoms with Crippen molar-refractivity contribution in [1.82, 2.24) is 5.43 Å². The van der Waals surface area contributed by atoms with Crippen LogP contribution >= 0.6 is 44.1 Å². The van der Waals surface area contributed by atoms with Gasteiger partial charge in [0, 0.05) is 20.1 Å². The number of thiocarbonyl (C=S) groups is 1. The van der Waals surface area contributed by atoms with Crippen molar-refractivity contribution in [2.75, 3.05) is 0 Å². The molecule has 150 valence electrons. The van der Waals surface area contributed by atoms with Crippen molar-refractivity contribution >= 4 is 63.2 Å². The third kappa shape index (κ3) is 6.14. The highest BCUT2D eigenvalue weighted by Gasteiger charge is 2.39. The van der Waals surface area contributed by atoms with Gasteiger partial charge < -0.3 is 10.2 Å². The molecule has 0 aliphatic heterocycles. The molecule has 0 atom stereocenters. The Balaban J connectivity index is 2.50. The monoisotopic (exact) mass is 541 g/mol. The van der Waals surface area contributed by atoms with Gasteiger partial charge in [0.2, 0.25) is 8.32 Å². The van der Waals surface area contributed by atoms with E-state index in [-0.39, 0.29) is 10.2 Å². The summed E-state index contributed by atoms with van der Waals surface area (Å²) in [6.45, 7) is 11.1. The van der Waals surface area contributed by atoms with E-state index in [1.807, 2.05) is 42.5 Å².